The summed E-state index contributed by atoms with van der Waals surface area (Å²) in [6, 6.07) is -1.25. The smallest absolute Gasteiger partial charge is 0.408 e. The number of amides is 3. The summed E-state index contributed by atoms with van der Waals surface area (Å²) in [5, 5.41) is 20.0. The Morgan fingerprint density at radius 1 is 1.07 bits per heavy atom. The third kappa shape index (κ3) is 5.42. The quantitative estimate of drug-likeness (QED) is 0.696. The largest absolute Gasteiger partial charge is 0.465 e. The van der Waals surface area contributed by atoms with Crippen molar-refractivity contribution in [1.29, 1.82) is 0 Å². The molecule has 2 fully saturated rings. The molecule has 0 aromatic heterocycles. The first kappa shape index (κ1) is 24.4. The van der Waals surface area contributed by atoms with Gasteiger partial charge >= 0.3 is 6.09 Å². The highest BCUT2D eigenvalue weighted by Crippen LogP contribution is 2.37. The van der Waals surface area contributed by atoms with Crippen molar-refractivity contribution in [2.45, 2.75) is 76.7 Å². The molecule has 0 aromatic carbocycles. The number of likely N-dealkylation sites (tertiary alicyclic amines) is 1. The number of halogens is 1. The summed E-state index contributed by atoms with van der Waals surface area (Å²) in [7, 11) is 3.17. The Hall–Kier alpha value is -1.90. The van der Waals surface area contributed by atoms with Crippen molar-refractivity contribution in [1.82, 2.24) is 14.7 Å². The van der Waals surface area contributed by atoms with Gasteiger partial charge in [0.05, 0.1) is 18.6 Å². The maximum absolute atomic E-state index is 13.8. The lowest BCUT2D eigenvalue weighted by Crippen LogP contribution is -2.63. The minimum atomic E-state index is -1.29. The van der Waals surface area contributed by atoms with Crippen LogP contribution in [0.3, 0.4) is 0 Å². The predicted molar refractivity (Wildman–Crippen MR) is 110 cm³/mol. The molecule has 9 heteroatoms. The van der Waals surface area contributed by atoms with Crippen LogP contribution in [0.5, 0.6) is 0 Å². The second-order valence-electron chi connectivity index (χ2n) is 9.77. The Balaban J connectivity index is 2.54. The Bertz CT molecular complexity index is 643. The maximum atomic E-state index is 13.8. The van der Waals surface area contributed by atoms with Gasteiger partial charge in [-0.15, -0.1) is 0 Å². The van der Waals surface area contributed by atoms with Crippen LogP contribution in [0.1, 0.15) is 52.9 Å². The van der Waals surface area contributed by atoms with E-state index in [9.17, 15) is 29.0 Å². The second-order valence-corrected chi connectivity index (χ2v) is 9.77. The minimum absolute atomic E-state index is 0.0841. The van der Waals surface area contributed by atoms with Gasteiger partial charge in [-0.25, -0.2) is 9.18 Å². The monoisotopic (exact) mass is 429 g/mol. The normalized spacial score (nSPS) is 26.8. The summed E-state index contributed by atoms with van der Waals surface area (Å²) in [4.78, 5) is 43.0. The molecule has 3 atom stereocenters. The molecule has 0 aromatic rings. The van der Waals surface area contributed by atoms with Crippen LogP contribution in [0, 0.1) is 11.8 Å². The van der Waals surface area contributed by atoms with Crippen LogP contribution in [0.15, 0.2) is 0 Å². The summed E-state index contributed by atoms with van der Waals surface area (Å²) in [6.45, 7) is 5.18. The van der Waals surface area contributed by atoms with E-state index in [4.69, 9.17) is 0 Å². The van der Waals surface area contributed by atoms with Crippen molar-refractivity contribution in [3.8, 4) is 0 Å². The van der Waals surface area contributed by atoms with E-state index in [1.807, 2.05) is 0 Å². The molecular weight excluding hydrogens is 393 g/mol. The number of nitrogens with zero attached hydrogens (tertiary/aromatic N) is 3. The lowest BCUT2D eigenvalue weighted by Gasteiger charge is -2.46. The van der Waals surface area contributed by atoms with E-state index in [2.05, 4.69) is 0 Å². The number of alkyl halides is 1. The third-order valence-corrected chi connectivity index (χ3v) is 6.22. The van der Waals surface area contributed by atoms with Crippen LogP contribution < -0.4 is 0 Å². The van der Waals surface area contributed by atoms with Gasteiger partial charge in [-0.05, 0) is 58.8 Å². The summed E-state index contributed by atoms with van der Waals surface area (Å²) in [5.74, 6) is -1.97. The fraction of sp³-hybridized carbons (Fsp3) is 0.857. The van der Waals surface area contributed by atoms with Gasteiger partial charge in [0.2, 0.25) is 11.8 Å². The number of aliphatic hydroxyl groups excluding tert-OH is 1. The van der Waals surface area contributed by atoms with Crippen LogP contribution in [0.25, 0.3) is 0 Å². The zero-order chi connectivity index (χ0) is 22.8. The van der Waals surface area contributed by atoms with Crippen LogP contribution in [-0.2, 0) is 9.59 Å². The fourth-order valence-corrected chi connectivity index (χ4v) is 4.71. The van der Waals surface area contributed by atoms with E-state index in [-0.39, 0.29) is 31.3 Å². The lowest BCUT2D eigenvalue weighted by molar-refractivity contribution is -0.151. The highest BCUT2D eigenvalue weighted by atomic mass is 19.1. The van der Waals surface area contributed by atoms with Crippen molar-refractivity contribution in [3.05, 3.63) is 0 Å². The second kappa shape index (κ2) is 9.49. The maximum Gasteiger partial charge on any atom is 0.408 e. The van der Waals surface area contributed by atoms with Crippen molar-refractivity contribution < 1.29 is 29.0 Å². The van der Waals surface area contributed by atoms with Crippen LogP contribution in [-0.4, -0.2) is 93.9 Å². The molecule has 1 heterocycles. The standard InChI is InChI=1S/C21H36FN3O5/c1-21(2,3)25(20(29)30)17(19(28)24-11-10-14(22)12-24)16(18(27)23(4)5)13-6-8-15(26)9-7-13/h13-17,26H,6-12H2,1-5H3,(H,29,30)/t13?,14-,15?,16-,17-/m0/s1. The molecule has 0 spiro atoms. The number of hydrogen-bond donors (Lipinski definition) is 2. The van der Waals surface area contributed by atoms with Gasteiger partial charge in [-0.1, -0.05) is 0 Å². The Morgan fingerprint density at radius 3 is 2.03 bits per heavy atom. The molecule has 1 aliphatic carbocycles. The minimum Gasteiger partial charge on any atom is -0.465 e. The highest BCUT2D eigenvalue weighted by Gasteiger charge is 2.50. The summed E-state index contributed by atoms with van der Waals surface area (Å²) < 4.78 is 13.8. The molecular formula is C21H36FN3O5. The Labute approximate surface area is 178 Å². The average Bonchev–Trinajstić information content (AvgIpc) is 3.06. The molecule has 2 aliphatic rings. The van der Waals surface area contributed by atoms with Crippen molar-refractivity contribution in [3.63, 3.8) is 0 Å². The highest BCUT2D eigenvalue weighted by molar-refractivity contribution is 5.92. The van der Waals surface area contributed by atoms with E-state index >= 15 is 0 Å². The van der Waals surface area contributed by atoms with Gasteiger partial charge in [0.15, 0.2) is 0 Å². The number of carbonyl (C=O) groups is 3. The zero-order valence-electron chi connectivity index (χ0n) is 18.7. The Morgan fingerprint density at radius 2 is 1.63 bits per heavy atom. The first-order chi connectivity index (χ1) is 13.8. The van der Waals surface area contributed by atoms with Crippen LogP contribution in [0.4, 0.5) is 9.18 Å². The predicted octanol–water partition coefficient (Wildman–Crippen LogP) is 1.96. The number of rotatable bonds is 5. The molecule has 2 N–H and O–H groups in total. The molecule has 172 valence electrons. The van der Waals surface area contributed by atoms with Gasteiger partial charge < -0.3 is 20.0 Å². The summed E-state index contributed by atoms with van der Waals surface area (Å²) in [5.41, 5.74) is -0.944. The molecule has 1 saturated heterocycles. The first-order valence-electron chi connectivity index (χ1n) is 10.7. The van der Waals surface area contributed by atoms with E-state index in [0.717, 1.165) is 4.90 Å². The number of carbonyl (C=O) groups excluding carboxylic acids is 2. The lowest BCUT2D eigenvalue weighted by atomic mass is 9.73. The molecule has 2 rings (SSSR count). The van der Waals surface area contributed by atoms with E-state index < -0.39 is 41.8 Å². The van der Waals surface area contributed by atoms with E-state index in [1.165, 1.54) is 9.80 Å². The van der Waals surface area contributed by atoms with Gasteiger partial charge in [-0.3, -0.25) is 14.5 Å². The first-order valence-corrected chi connectivity index (χ1v) is 10.7. The third-order valence-electron chi connectivity index (χ3n) is 6.22. The van der Waals surface area contributed by atoms with Crippen molar-refractivity contribution in [2.24, 2.45) is 11.8 Å². The van der Waals surface area contributed by atoms with Gasteiger partial charge in [-0.2, -0.15) is 0 Å². The van der Waals surface area contributed by atoms with E-state index in [0.29, 0.717) is 25.7 Å². The molecule has 0 unspecified atom stereocenters. The number of carboxylic acid groups (broad SMARTS) is 1. The number of aliphatic hydroxyl groups is 1. The SMILES string of the molecule is CN(C)C(=O)[C@@H](C1CCC(O)CC1)[C@@H](C(=O)N1CC[C@H](F)C1)N(C(=O)O)C(C)(C)C. The van der Waals surface area contributed by atoms with Gasteiger partial charge in [0, 0.05) is 26.2 Å². The topological polar surface area (TPSA) is 101 Å². The number of hydrogen-bond acceptors (Lipinski definition) is 4. The molecule has 0 radical (unpaired) electrons. The van der Waals surface area contributed by atoms with Crippen molar-refractivity contribution >= 4 is 17.9 Å². The zero-order valence-corrected chi connectivity index (χ0v) is 18.7. The van der Waals surface area contributed by atoms with Gasteiger partial charge in [0.1, 0.15) is 12.2 Å². The average molecular weight is 430 g/mol. The molecule has 8 nitrogen and oxygen atoms in total. The molecule has 3 amide bonds. The molecule has 0 bridgehead atoms. The fourth-order valence-electron chi connectivity index (χ4n) is 4.71. The van der Waals surface area contributed by atoms with Crippen LogP contribution in [0.2, 0.25) is 0 Å². The Kier molecular flexibility index (Phi) is 7.71. The van der Waals surface area contributed by atoms with Crippen LogP contribution >= 0.6 is 0 Å². The van der Waals surface area contributed by atoms with Crippen molar-refractivity contribution in [2.75, 3.05) is 27.2 Å². The summed E-state index contributed by atoms with van der Waals surface area (Å²) >= 11 is 0. The van der Waals surface area contributed by atoms with E-state index in [1.54, 1.807) is 34.9 Å². The summed E-state index contributed by atoms with van der Waals surface area (Å²) in [6.07, 6.45) is -0.613. The van der Waals surface area contributed by atoms with Gasteiger partial charge in [0.25, 0.3) is 0 Å². The molecule has 1 aliphatic heterocycles. The molecule has 30 heavy (non-hydrogen) atoms. The molecule has 1 saturated carbocycles.